The van der Waals surface area contributed by atoms with E-state index in [2.05, 4.69) is 69.5 Å². The van der Waals surface area contributed by atoms with Crippen LogP contribution in [-0.2, 0) is 0 Å². The summed E-state index contributed by atoms with van der Waals surface area (Å²) in [4.78, 5) is 2.18. The zero-order valence-corrected chi connectivity index (χ0v) is 13.3. The summed E-state index contributed by atoms with van der Waals surface area (Å²) in [5.74, 6) is 3.36. The quantitative estimate of drug-likeness (QED) is 0.687. The van der Waals surface area contributed by atoms with E-state index in [0.29, 0.717) is 5.92 Å². The molecular weight excluding hydrogens is 242 g/mol. The first-order valence-electron chi connectivity index (χ1n) is 7.03. The van der Waals surface area contributed by atoms with Crippen molar-refractivity contribution < 1.29 is 0 Å². The summed E-state index contributed by atoms with van der Waals surface area (Å²) in [5, 5.41) is 0. The third-order valence-corrected chi connectivity index (χ3v) is 3.53. The Morgan fingerprint density at radius 1 is 1.40 bits per heavy atom. The van der Waals surface area contributed by atoms with Crippen LogP contribution in [-0.4, -0.2) is 11.9 Å². The van der Waals surface area contributed by atoms with Gasteiger partial charge in [-0.3, -0.25) is 0 Å². The topological polar surface area (TPSA) is 3.24 Å². The highest BCUT2D eigenvalue weighted by molar-refractivity contribution is 5.62. The summed E-state index contributed by atoms with van der Waals surface area (Å²) in [6.07, 6.45) is 7.92. The van der Waals surface area contributed by atoms with Crippen molar-refractivity contribution in [1.29, 1.82) is 0 Å². The molecule has 0 fully saturated rings. The molecule has 0 aliphatic rings. The van der Waals surface area contributed by atoms with E-state index in [1.54, 1.807) is 0 Å². The molecule has 1 aromatic rings. The normalized spacial score (nSPS) is 12.9. The van der Waals surface area contributed by atoms with Gasteiger partial charge < -0.3 is 4.90 Å². The molecule has 1 atom stereocenters. The fourth-order valence-corrected chi connectivity index (χ4v) is 2.50. The lowest BCUT2D eigenvalue weighted by Gasteiger charge is -2.31. The van der Waals surface area contributed by atoms with Crippen LogP contribution in [0.15, 0.2) is 42.6 Å². The van der Waals surface area contributed by atoms with E-state index in [4.69, 9.17) is 6.42 Å². The highest BCUT2D eigenvalue weighted by Gasteiger charge is 2.18. The monoisotopic (exact) mass is 267 g/mol. The second-order valence-corrected chi connectivity index (χ2v) is 5.45. The second kappa shape index (κ2) is 7.01. The fraction of sp³-hybridized carbons (Fsp3) is 0.368. The Balaban J connectivity index is 3.17. The number of nitrogens with zero attached hydrogens (tertiary/aromatic N) is 1. The molecule has 1 rings (SSSR count). The minimum Gasteiger partial charge on any atom is -0.360 e. The van der Waals surface area contributed by atoms with Crippen molar-refractivity contribution in [3.8, 4) is 12.3 Å². The standard InChI is InChI=1S/C19H25N/c1-8-18(15(5)6)20(7)19(9-2)17-12-10-11-16(13-17)14(3)4/h2,8,10-13,15,19H,3H2,1,4-7H3/b18-8-. The Morgan fingerprint density at radius 2 is 2.05 bits per heavy atom. The van der Waals surface area contributed by atoms with Gasteiger partial charge in [0.15, 0.2) is 0 Å². The van der Waals surface area contributed by atoms with Crippen LogP contribution < -0.4 is 0 Å². The molecule has 0 aliphatic carbocycles. The van der Waals surface area contributed by atoms with Crippen LogP contribution in [0, 0.1) is 18.3 Å². The van der Waals surface area contributed by atoms with Gasteiger partial charge in [0.05, 0.1) is 0 Å². The van der Waals surface area contributed by atoms with Crippen LogP contribution >= 0.6 is 0 Å². The maximum Gasteiger partial charge on any atom is 0.115 e. The molecule has 20 heavy (non-hydrogen) atoms. The molecular formula is C19H25N. The fourth-order valence-electron chi connectivity index (χ4n) is 2.50. The molecule has 0 spiro atoms. The Kier molecular flexibility index (Phi) is 5.65. The van der Waals surface area contributed by atoms with Gasteiger partial charge in [0.1, 0.15) is 6.04 Å². The lowest BCUT2D eigenvalue weighted by molar-refractivity contribution is 0.333. The Hall–Kier alpha value is -1.94. The third kappa shape index (κ3) is 3.54. The Morgan fingerprint density at radius 3 is 2.50 bits per heavy atom. The van der Waals surface area contributed by atoms with Gasteiger partial charge in [-0.1, -0.05) is 56.2 Å². The first-order valence-corrected chi connectivity index (χ1v) is 7.03. The minimum atomic E-state index is -0.0529. The summed E-state index contributed by atoms with van der Waals surface area (Å²) in [6, 6.07) is 8.28. The number of hydrogen-bond donors (Lipinski definition) is 0. The zero-order valence-electron chi connectivity index (χ0n) is 13.3. The zero-order chi connectivity index (χ0) is 15.3. The van der Waals surface area contributed by atoms with E-state index in [-0.39, 0.29) is 6.04 Å². The summed E-state index contributed by atoms with van der Waals surface area (Å²) in [7, 11) is 2.06. The van der Waals surface area contributed by atoms with Crippen LogP contribution in [0.2, 0.25) is 0 Å². The van der Waals surface area contributed by atoms with Gasteiger partial charge in [-0.15, -0.1) is 6.42 Å². The summed E-state index contributed by atoms with van der Waals surface area (Å²) >= 11 is 0. The predicted octanol–water partition coefficient (Wildman–Crippen LogP) is 4.89. The first kappa shape index (κ1) is 16.1. The maximum atomic E-state index is 5.78. The van der Waals surface area contributed by atoms with Crippen molar-refractivity contribution in [2.24, 2.45) is 5.92 Å². The molecule has 1 aromatic carbocycles. The molecule has 0 heterocycles. The van der Waals surface area contributed by atoms with Gasteiger partial charge in [-0.2, -0.15) is 0 Å². The second-order valence-electron chi connectivity index (χ2n) is 5.45. The molecule has 1 unspecified atom stereocenters. The molecule has 0 N–H and O–H groups in total. The van der Waals surface area contributed by atoms with Crippen LogP contribution in [0.25, 0.3) is 5.57 Å². The van der Waals surface area contributed by atoms with E-state index in [9.17, 15) is 0 Å². The average molecular weight is 267 g/mol. The molecule has 1 heteroatoms. The van der Waals surface area contributed by atoms with Gasteiger partial charge in [0.25, 0.3) is 0 Å². The molecule has 0 saturated heterocycles. The first-order chi connectivity index (χ1) is 9.42. The van der Waals surface area contributed by atoms with Crippen LogP contribution in [0.4, 0.5) is 0 Å². The SMILES string of the molecule is C#CC(c1cccc(C(=C)C)c1)N(C)/C(=C\C)C(C)C. The maximum absolute atomic E-state index is 5.78. The molecule has 0 bridgehead atoms. The Labute approximate surface area is 124 Å². The van der Waals surface area contributed by atoms with Gasteiger partial charge in [0, 0.05) is 12.7 Å². The lowest BCUT2D eigenvalue weighted by Crippen LogP contribution is -2.25. The highest BCUT2D eigenvalue weighted by atomic mass is 15.1. The number of hydrogen-bond acceptors (Lipinski definition) is 1. The molecule has 1 nitrogen and oxygen atoms in total. The molecule has 0 aromatic heterocycles. The van der Waals surface area contributed by atoms with Crippen LogP contribution in [0.1, 0.15) is 44.9 Å². The Bertz CT molecular complexity index is 543. The average Bonchev–Trinajstić information content (AvgIpc) is 2.40. The highest BCUT2D eigenvalue weighted by Crippen LogP contribution is 2.27. The van der Waals surface area contributed by atoms with Crippen molar-refractivity contribution in [3.05, 3.63) is 53.7 Å². The van der Waals surface area contributed by atoms with Crippen molar-refractivity contribution in [2.45, 2.75) is 33.7 Å². The van der Waals surface area contributed by atoms with Crippen LogP contribution in [0.5, 0.6) is 0 Å². The van der Waals surface area contributed by atoms with Crippen molar-refractivity contribution >= 4 is 5.57 Å². The third-order valence-electron chi connectivity index (χ3n) is 3.53. The predicted molar refractivity (Wildman–Crippen MR) is 89.1 cm³/mol. The molecule has 0 saturated carbocycles. The molecule has 106 valence electrons. The van der Waals surface area contributed by atoms with E-state index < -0.39 is 0 Å². The summed E-state index contributed by atoms with van der Waals surface area (Å²) < 4.78 is 0. The van der Waals surface area contributed by atoms with Crippen molar-refractivity contribution in [1.82, 2.24) is 4.90 Å². The molecule has 0 amide bonds. The van der Waals surface area contributed by atoms with Gasteiger partial charge in [-0.25, -0.2) is 0 Å². The molecule has 0 radical (unpaired) electrons. The minimum absolute atomic E-state index is 0.0529. The van der Waals surface area contributed by atoms with E-state index >= 15 is 0 Å². The van der Waals surface area contributed by atoms with Crippen molar-refractivity contribution in [2.75, 3.05) is 7.05 Å². The van der Waals surface area contributed by atoms with E-state index in [0.717, 1.165) is 16.7 Å². The smallest absolute Gasteiger partial charge is 0.115 e. The van der Waals surface area contributed by atoms with E-state index in [1.807, 2.05) is 13.0 Å². The van der Waals surface area contributed by atoms with Crippen molar-refractivity contribution in [3.63, 3.8) is 0 Å². The number of terminal acetylenes is 1. The summed E-state index contributed by atoms with van der Waals surface area (Å²) in [5.41, 5.74) is 4.59. The van der Waals surface area contributed by atoms with Gasteiger partial charge >= 0.3 is 0 Å². The number of allylic oxidation sites excluding steroid dienone is 3. The number of benzene rings is 1. The summed E-state index contributed by atoms with van der Waals surface area (Å²) in [6.45, 7) is 12.4. The van der Waals surface area contributed by atoms with E-state index in [1.165, 1.54) is 5.70 Å². The largest absolute Gasteiger partial charge is 0.360 e. The van der Waals surface area contributed by atoms with Gasteiger partial charge in [0.2, 0.25) is 0 Å². The van der Waals surface area contributed by atoms with Gasteiger partial charge in [-0.05, 0) is 37.0 Å². The van der Waals surface area contributed by atoms with Crippen LogP contribution in [0.3, 0.4) is 0 Å². The number of rotatable bonds is 5. The lowest BCUT2D eigenvalue weighted by atomic mass is 9.98. The molecule has 0 aliphatic heterocycles.